The highest BCUT2D eigenvalue weighted by Gasteiger charge is 2.23. The minimum atomic E-state index is -1.22. The number of hydrogen-bond donors (Lipinski definition) is 2. The van der Waals surface area contributed by atoms with Gasteiger partial charge in [-0.2, -0.15) is 0 Å². The number of carbonyl (C=O) groups is 2. The van der Waals surface area contributed by atoms with Crippen molar-refractivity contribution in [1.82, 2.24) is 5.32 Å². The lowest BCUT2D eigenvalue weighted by Crippen LogP contribution is -2.41. The van der Waals surface area contributed by atoms with E-state index >= 15 is 0 Å². The van der Waals surface area contributed by atoms with Gasteiger partial charge in [-0.15, -0.1) is 0 Å². The first-order valence-corrected chi connectivity index (χ1v) is 5.93. The fraction of sp³-hybridized carbons (Fsp3) is 0.333. The number of carbonyl (C=O) groups excluding carboxylic acids is 1. The molecule has 7 heteroatoms. The third-order valence-corrected chi connectivity index (χ3v) is 2.81. The van der Waals surface area contributed by atoms with E-state index in [0.29, 0.717) is 6.42 Å². The van der Waals surface area contributed by atoms with E-state index in [1.54, 1.807) is 6.92 Å². The van der Waals surface area contributed by atoms with Crippen LogP contribution in [0.2, 0.25) is 5.02 Å². The third-order valence-electron chi connectivity index (χ3n) is 2.46. The topological polar surface area (TPSA) is 66.4 Å². The van der Waals surface area contributed by atoms with Crippen molar-refractivity contribution in [2.24, 2.45) is 0 Å². The van der Waals surface area contributed by atoms with Crippen LogP contribution in [0.15, 0.2) is 12.1 Å². The Morgan fingerprint density at radius 2 is 2.05 bits per heavy atom. The molecule has 0 aliphatic rings. The number of carboxylic acids is 1. The van der Waals surface area contributed by atoms with Crippen molar-refractivity contribution in [3.05, 3.63) is 34.4 Å². The fourth-order valence-electron chi connectivity index (χ4n) is 1.48. The molecule has 4 nitrogen and oxygen atoms in total. The summed E-state index contributed by atoms with van der Waals surface area (Å²) in [7, 11) is 0. The van der Waals surface area contributed by atoms with Crippen LogP contribution in [0.1, 0.15) is 30.1 Å². The second-order valence-electron chi connectivity index (χ2n) is 3.88. The summed E-state index contributed by atoms with van der Waals surface area (Å²) in [6.07, 6.45) is 0.738. The number of nitrogens with one attached hydrogen (secondary N) is 1. The molecule has 19 heavy (non-hydrogen) atoms. The van der Waals surface area contributed by atoms with Crippen molar-refractivity contribution in [3.63, 3.8) is 0 Å². The van der Waals surface area contributed by atoms with E-state index in [1.165, 1.54) is 0 Å². The van der Waals surface area contributed by atoms with Crippen LogP contribution in [0.25, 0.3) is 0 Å². The van der Waals surface area contributed by atoms with E-state index < -0.39 is 40.1 Å². The number of amides is 1. The molecular weight excluding hydrogens is 280 g/mol. The van der Waals surface area contributed by atoms with Gasteiger partial charge >= 0.3 is 5.97 Å². The average Bonchev–Trinajstić information content (AvgIpc) is 2.35. The highest BCUT2D eigenvalue weighted by Crippen LogP contribution is 2.22. The van der Waals surface area contributed by atoms with Crippen LogP contribution >= 0.6 is 11.6 Å². The van der Waals surface area contributed by atoms with Crippen molar-refractivity contribution < 1.29 is 23.5 Å². The molecule has 2 N–H and O–H groups in total. The Labute approximate surface area is 113 Å². The summed E-state index contributed by atoms with van der Waals surface area (Å²) < 4.78 is 26.5. The fourth-order valence-corrected chi connectivity index (χ4v) is 1.65. The van der Waals surface area contributed by atoms with Crippen LogP contribution in [-0.4, -0.2) is 23.0 Å². The van der Waals surface area contributed by atoms with Crippen LogP contribution in [0.5, 0.6) is 0 Å². The van der Waals surface area contributed by atoms with Gasteiger partial charge in [0, 0.05) is 0 Å². The molecule has 0 radical (unpaired) electrons. The largest absolute Gasteiger partial charge is 0.480 e. The number of halogens is 3. The molecule has 0 heterocycles. The second-order valence-corrected chi connectivity index (χ2v) is 4.25. The number of carboxylic acid groups (broad SMARTS) is 1. The van der Waals surface area contributed by atoms with E-state index in [-0.39, 0.29) is 6.42 Å². The summed E-state index contributed by atoms with van der Waals surface area (Å²) in [6.45, 7) is 1.75. The van der Waals surface area contributed by atoms with Crippen LogP contribution in [0, 0.1) is 11.6 Å². The molecule has 104 valence electrons. The Morgan fingerprint density at radius 1 is 1.42 bits per heavy atom. The van der Waals surface area contributed by atoms with Gasteiger partial charge in [-0.1, -0.05) is 24.9 Å². The van der Waals surface area contributed by atoms with Crippen LogP contribution in [0.4, 0.5) is 8.78 Å². The smallest absolute Gasteiger partial charge is 0.326 e. The molecule has 0 aliphatic carbocycles. The summed E-state index contributed by atoms with van der Waals surface area (Å²) in [4.78, 5) is 22.6. The predicted molar refractivity (Wildman–Crippen MR) is 65.2 cm³/mol. The zero-order valence-corrected chi connectivity index (χ0v) is 10.8. The zero-order chi connectivity index (χ0) is 14.6. The molecule has 0 aliphatic heterocycles. The first-order chi connectivity index (χ1) is 8.88. The first kappa shape index (κ1) is 15.4. The quantitative estimate of drug-likeness (QED) is 0.820. The second kappa shape index (κ2) is 6.47. The van der Waals surface area contributed by atoms with Gasteiger partial charge in [0.2, 0.25) is 0 Å². The van der Waals surface area contributed by atoms with Crippen molar-refractivity contribution in [3.8, 4) is 0 Å². The molecule has 0 aromatic heterocycles. The minimum absolute atomic E-state index is 0.206. The molecule has 1 rings (SSSR count). The number of rotatable bonds is 5. The average molecular weight is 292 g/mol. The molecule has 1 amide bonds. The van der Waals surface area contributed by atoms with Crippen LogP contribution in [-0.2, 0) is 4.79 Å². The van der Waals surface area contributed by atoms with Gasteiger partial charge in [0.25, 0.3) is 5.91 Å². The van der Waals surface area contributed by atoms with Gasteiger partial charge in [-0.3, -0.25) is 4.79 Å². The third kappa shape index (κ3) is 3.64. The minimum Gasteiger partial charge on any atom is -0.480 e. The Hall–Kier alpha value is -1.69. The van der Waals surface area contributed by atoms with Crippen molar-refractivity contribution in [2.75, 3.05) is 0 Å². The van der Waals surface area contributed by atoms with Crippen molar-refractivity contribution >= 4 is 23.5 Å². The molecule has 1 aromatic rings. The van der Waals surface area contributed by atoms with E-state index in [9.17, 15) is 18.4 Å². The van der Waals surface area contributed by atoms with Crippen molar-refractivity contribution in [1.29, 1.82) is 0 Å². The van der Waals surface area contributed by atoms with E-state index in [4.69, 9.17) is 16.7 Å². The SMILES string of the molecule is CCCC(NC(=O)c1ccc(F)c(Cl)c1F)C(=O)O. The van der Waals surface area contributed by atoms with Crippen LogP contribution in [0.3, 0.4) is 0 Å². The summed E-state index contributed by atoms with van der Waals surface area (Å²) in [5, 5.41) is 10.2. The lowest BCUT2D eigenvalue weighted by Gasteiger charge is -2.14. The molecule has 0 spiro atoms. The molecular formula is C12H12ClF2NO3. The lowest BCUT2D eigenvalue weighted by atomic mass is 10.1. The van der Waals surface area contributed by atoms with Gasteiger partial charge in [0.1, 0.15) is 16.9 Å². The summed E-state index contributed by atoms with van der Waals surface area (Å²) in [6, 6.07) is 0.632. The van der Waals surface area contributed by atoms with Crippen LogP contribution < -0.4 is 5.32 Å². The summed E-state index contributed by atoms with van der Waals surface area (Å²) in [5.41, 5.74) is -0.492. The zero-order valence-electron chi connectivity index (χ0n) is 10.0. The Kier molecular flexibility index (Phi) is 5.23. The van der Waals surface area contributed by atoms with Gasteiger partial charge in [0.05, 0.1) is 5.56 Å². The number of aliphatic carboxylic acids is 1. The maximum Gasteiger partial charge on any atom is 0.326 e. The molecule has 0 fully saturated rings. The Bertz CT molecular complexity index is 508. The van der Waals surface area contributed by atoms with Crippen molar-refractivity contribution in [2.45, 2.75) is 25.8 Å². The monoisotopic (exact) mass is 291 g/mol. The number of benzene rings is 1. The molecule has 0 saturated carbocycles. The molecule has 1 atom stereocenters. The summed E-state index contributed by atoms with van der Waals surface area (Å²) in [5.74, 6) is -4.36. The highest BCUT2D eigenvalue weighted by molar-refractivity contribution is 6.31. The maximum absolute atomic E-state index is 13.6. The van der Waals surface area contributed by atoms with E-state index in [2.05, 4.69) is 5.32 Å². The highest BCUT2D eigenvalue weighted by atomic mass is 35.5. The maximum atomic E-state index is 13.6. The Morgan fingerprint density at radius 3 is 2.58 bits per heavy atom. The van der Waals surface area contributed by atoms with E-state index in [0.717, 1.165) is 12.1 Å². The lowest BCUT2D eigenvalue weighted by molar-refractivity contribution is -0.139. The Balaban J connectivity index is 2.95. The van der Waals surface area contributed by atoms with E-state index in [1.807, 2.05) is 0 Å². The normalized spacial score (nSPS) is 12.0. The van der Waals surface area contributed by atoms with Gasteiger partial charge < -0.3 is 10.4 Å². The number of hydrogen-bond acceptors (Lipinski definition) is 2. The van der Waals surface area contributed by atoms with Gasteiger partial charge in [-0.05, 0) is 18.6 Å². The predicted octanol–water partition coefficient (Wildman–Crippen LogP) is 2.60. The first-order valence-electron chi connectivity index (χ1n) is 5.55. The standard InChI is InChI=1S/C12H12ClF2NO3/c1-2-3-8(12(18)19)16-11(17)6-4-5-7(14)9(13)10(6)15/h4-5,8H,2-3H2,1H3,(H,16,17)(H,18,19). The molecule has 1 aromatic carbocycles. The van der Waals surface area contributed by atoms with Gasteiger partial charge in [-0.25, -0.2) is 13.6 Å². The molecule has 1 unspecified atom stereocenters. The molecule has 0 bridgehead atoms. The summed E-state index contributed by atoms with van der Waals surface area (Å²) >= 11 is 5.34. The molecule has 0 saturated heterocycles. The van der Waals surface area contributed by atoms with Gasteiger partial charge in [0.15, 0.2) is 5.82 Å².